The minimum Gasteiger partial charge on any atom is -0.497 e. The van der Waals surface area contributed by atoms with Gasteiger partial charge in [0.05, 0.1) is 19.2 Å². The number of carbonyl (C=O) groups excluding carboxylic acids is 1. The number of rotatable bonds is 1. The maximum atomic E-state index is 12.5. The summed E-state index contributed by atoms with van der Waals surface area (Å²) in [7, 11) is 1.70. The quantitative estimate of drug-likeness (QED) is 0.867. The Kier molecular flexibility index (Phi) is 4.39. The fraction of sp³-hybridized carbons (Fsp3) is 0.611. The second-order valence-electron chi connectivity index (χ2n) is 6.05. The van der Waals surface area contributed by atoms with Crippen LogP contribution in [0, 0.1) is 0 Å². The standard InChI is InChI=1S/C16H20N2O2.C2H6/c1-20-11-5-6-12-10(9-11)7-8-18-15(12)13-3-2-4-14(17-13)16(18)19;1-2/h5-6,9,13-15,17H,2-4,7-8H2,1H3;1-2H3. The van der Waals surface area contributed by atoms with Crippen LogP contribution >= 0.6 is 0 Å². The highest BCUT2D eigenvalue weighted by Crippen LogP contribution is 2.40. The summed E-state index contributed by atoms with van der Waals surface area (Å²) >= 11 is 0. The van der Waals surface area contributed by atoms with Crippen LogP contribution in [0.25, 0.3) is 0 Å². The molecule has 3 heterocycles. The molecule has 1 amide bonds. The summed E-state index contributed by atoms with van der Waals surface area (Å²) < 4.78 is 5.32. The van der Waals surface area contributed by atoms with Crippen molar-refractivity contribution in [2.45, 2.75) is 57.7 Å². The number of fused-ring (bicyclic) bond motifs is 6. The number of hydrogen-bond donors (Lipinski definition) is 1. The SMILES string of the molecule is CC.COc1ccc2c(c1)CCN1C(=O)C3CCCC(N3)C21. The van der Waals surface area contributed by atoms with Gasteiger partial charge < -0.3 is 15.0 Å². The van der Waals surface area contributed by atoms with Crippen LogP contribution in [0.15, 0.2) is 18.2 Å². The maximum absolute atomic E-state index is 12.5. The first kappa shape index (κ1) is 15.3. The Morgan fingerprint density at radius 1 is 1.27 bits per heavy atom. The predicted octanol–water partition coefficient (Wildman–Crippen LogP) is 2.67. The molecule has 4 rings (SSSR count). The van der Waals surface area contributed by atoms with E-state index in [0.29, 0.717) is 11.9 Å². The number of nitrogens with zero attached hydrogens (tertiary/aromatic N) is 1. The van der Waals surface area contributed by atoms with E-state index in [2.05, 4.69) is 22.3 Å². The molecule has 2 fully saturated rings. The number of amides is 1. The van der Waals surface area contributed by atoms with E-state index in [0.717, 1.165) is 38.0 Å². The van der Waals surface area contributed by atoms with Gasteiger partial charge in [0.25, 0.3) is 0 Å². The maximum Gasteiger partial charge on any atom is 0.240 e. The highest BCUT2D eigenvalue weighted by atomic mass is 16.5. The second-order valence-corrected chi connectivity index (χ2v) is 6.05. The van der Waals surface area contributed by atoms with E-state index < -0.39 is 0 Å². The zero-order chi connectivity index (χ0) is 15.7. The van der Waals surface area contributed by atoms with Gasteiger partial charge in [-0.2, -0.15) is 0 Å². The van der Waals surface area contributed by atoms with E-state index in [9.17, 15) is 4.79 Å². The fourth-order valence-electron chi connectivity index (χ4n) is 4.05. The Morgan fingerprint density at radius 3 is 2.86 bits per heavy atom. The van der Waals surface area contributed by atoms with Crippen molar-refractivity contribution in [1.82, 2.24) is 10.2 Å². The lowest BCUT2D eigenvalue weighted by Crippen LogP contribution is -2.64. The number of piperazine rings is 1. The minimum absolute atomic E-state index is 0.0600. The highest BCUT2D eigenvalue weighted by Gasteiger charge is 2.45. The van der Waals surface area contributed by atoms with Gasteiger partial charge in [0.15, 0.2) is 0 Å². The first-order chi connectivity index (χ1) is 10.8. The molecule has 0 spiro atoms. The lowest BCUT2D eigenvalue weighted by atomic mass is 9.80. The molecule has 4 nitrogen and oxygen atoms in total. The van der Waals surface area contributed by atoms with Gasteiger partial charge in [0.1, 0.15) is 5.75 Å². The average Bonchev–Trinajstić information content (AvgIpc) is 2.60. The zero-order valence-corrected chi connectivity index (χ0v) is 13.8. The average molecular weight is 302 g/mol. The highest BCUT2D eigenvalue weighted by molar-refractivity contribution is 5.84. The third-order valence-corrected chi connectivity index (χ3v) is 5.01. The van der Waals surface area contributed by atoms with Crippen LogP contribution in [-0.4, -0.2) is 36.5 Å². The Balaban J connectivity index is 0.000000693. The molecule has 1 aromatic rings. The van der Waals surface area contributed by atoms with Crippen molar-refractivity contribution < 1.29 is 9.53 Å². The number of nitrogens with one attached hydrogen (secondary N) is 1. The summed E-state index contributed by atoms with van der Waals surface area (Å²) in [5.41, 5.74) is 2.65. The summed E-state index contributed by atoms with van der Waals surface area (Å²) in [6.45, 7) is 4.85. The van der Waals surface area contributed by atoms with Crippen molar-refractivity contribution in [3.8, 4) is 5.75 Å². The Hall–Kier alpha value is -1.55. The van der Waals surface area contributed by atoms with Crippen molar-refractivity contribution in [1.29, 1.82) is 0 Å². The van der Waals surface area contributed by atoms with E-state index in [1.807, 2.05) is 19.9 Å². The van der Waals surface area contributed by atoms with E-state index in [1.54, 1.807) is 7.11 Å². The van der Waals surface area contributed by atoms with Crippen LogP contribution in [0.2, 0.25) is 0 Å². The van der Waals surface area contributed by atoms with Gasteiger partial charge in [0.2, 0.25) is 5.91 Å². The van der Waals surface area contributed by atoms with Gasteiger partial charge in [-0.1, -0.05) is 19.9 Å². The van der Waals surface area contributed by atoms with Crippen LogP contribution in [0.3, 0.4) is 0 Å². The monoisotopic (exact) mass is 302 g/mol. The van der Waals surface area contributed by atoms with Crippen LogP contribution in [0.4, 0.5) is 0 Å². The molecule has 120 valence electrons. The number of piperidine rings is 1. The smallest absolute Gasteiger partial charge is 0.240 e. The molecule has 3 aliphatic heterocycles. The molecule has 2 bridgehead atoms. The summed E-state index contributed by atoms with van der Waals surface area (Å²) in [6.07, 6.45) is 4.25. The number of methoxy groups -OCH3 is 1. The molecule has 0 saturated carbocycles. The molecule has 1 aromatic carbocycles. The van der Waals surface area contributed by atoms with Crippen molar-refractivity contribution in [2.75, 3.05) is 13.7 Å². The molecular formula is C18H26N2O2. The minimum atomic E-state index is 0.0600. The molecule has 3 atom stereocenters. The van der Waals surface area contributed by atoms with E-state index in [4.69, 9.17) is 4.74 Å². The normalized spacial score (nSPS) is 29.0. The van der Waals surface area contributed by atoms with Gasteiger partial charge in [-0.3, -0.25) is 4.79 Å². The lowest BCUT2D eigenvalue weighted by molar-refractivity contribution is -0.143. The second kappa shape index (κ2) is 6.29. The van der Waals surface area contributed by atoms with Crippen molar-refractivity contribution >= 4 is 5.91 Å². The molecule has 22 heavy (non-hydrogen) atoms. The van der Waals surface area contributed by atoms with E-state index in [1.165, 1.54) is 11.1 Å². The first-order valence-corrected chi connectivity index (χ1v) is 8.51. The van der Waals surface area contributed by atoms with Crippen LogP contribution in [0.1, 0.15) is 50.3 Å². The van der Waals surface area contributed by atoms with E-state index >= 15 is 0 Å². The number of hydrogen-bond acceptors (Lipinski definition) is 3. The molecule has 3 aliphatic rings. The Morgan fingerprint density at radius 2 is 2.09 bits per heavy atom. The summed E-state index contributed by atoms with van der Waals surface area (Å²) in [5.74, 6) is 1.21. The number of ether oxygens (including phenoxy) is 1. The summed E-state index contributed by atoms with van der Waals surface area (Å²) in [5, 5.41) is 3.55. The van der Waals surface area contributed by atoms with Gasteiger partial charge >= 0.3 is 0 Å². The largest absolute Gasteiger partial charge is 0.497 e. The van der Waals surface area contributed by atoms with Crippen molar-refractivity contribution in [2.24, 2.45) is 0 Å². The predicted molar refractivity (Wildman–Crippen MR) is 87.1 cm³/mol. The lowest BCUT2D eigenvalue weighted by Gasteiger charge is -2.50. The number of carbonyl (C=O) groups is 1. The van der Waals surface area contributed by atoms with Crippen molar-refractivity contribution in [3.63, 3.8) is 0 Å². The Labute approximate surface area is 132 Å². The van der Waals surface area contributed by atoms with Crippen LogP contribution in [-0.2, 0) is 11.2 Å². The molecule has 4 heteroatoms. The Bertz CT molecular complexity index is 558. The first-order valence-electron chi connectivity index (χ1n) is 8.51. The third-order valence-electron chi connectivity index (χ3n) is 5.01. The molecule has 3 unspecified atom stereocenters. The molecule has 0 radical (unpaired) electrons. The molecule has 1 N–H and O–H groups in total. The van der Waals surface area contributed by atoms with Gasteiger partial charge in [0, 0.05) is 12.6 Å². The molecule has 0 aromatic heterocycles. The molecule has 0 aliphatic carbocycles. The van der Waals surface area contributed by atoms with Crippen LogP contribution in [0.5, 0.6) is 5.75 Å². The third kappa shape index (κ3) is 2.39. The number of benzene rings is 1. The zero-order valence-electron chi connectivity index (χ0n) is 13.8. The summed E-state index contributed by atoms with van der Waals surface area (Å²) in [6, 6.07) is 6.99. The van der Waals surface area contributed by atoms with E-state index in [-0.39, 0.29) is 12.1 Å². The van der Waals surface area contributed by atoms with Gasteiger partial charge in [-0.15, -0.1) is 0 Å². The molecular weight excluding hydrogens is 276 g/mol. The van der Waals surface area contributed by atoms with Crippen LogP contribution < -0.4 is 10.1 Å². The summed E-state index contributed by atoms with van der Waals surface area (Å²) in [4.78, 5) is 14.7. The molecule has 2 saturated heterocycles. The fourth-order valence-corrected chi connectivity index (χ4v) is 4.05. The van der Waals surface area contributed by atoms with Crippen molar-refractivity contribution in [3.05, 3.63) is 29.3 Å². The topological polar surface area (TPSA) is 41.6 Å². The van der Waals surface area contributed by atoms with Gasteiger partial charge in [-0.05, 0) is 48.9 Å². The van der Waals surface area contributed by atoms with Gasteiger partial charge in [-0.25, -0.2) is 0 Å².